The zero-order chi connectivity index (χ0) is 13.2. The van der Waals surface area contributed by atoms with E-state index in [1.807, 2.05) is 24.3 Å². The third-order valence-electron chi connectivity index (χ3n) is 2.96. The zero-order valence-corrected chi connectivity index (χ0v) is 12.7. The van der Waals surface area contributed by atoms with Crippen LogP contribution in [-0.4, -0.2) is 33.5 Å². The highest BCUT2D eigenvalue weighted by Crippen LogP contribution is 2.28. The van der Waals surface area contributed by atoms with Gasteiger partial charge in [0.05, 0.1) is 6.04 Å². The smallest absolute Gasteiger partial charge is 0.179 e. The number of nitrogens with one attached hydrogen (secondary N) is 1. The van der Waals surface area contributed by atoms with Crippen LogP contribution in [0, 0.1) is 0 Å². The molecule has 0 radical (unpaired) electrons. The number of nitrogens with zero attached hydrogens (tertiary/aromatic N) is 2. The van der Waals surface area contributed by atoms with Gasteiger partial charge >= 0.3 is 0 Å². The van der Waals surface area contributed by atoms with Gasteiger partial charge in [-0.25, -0.2) is 0 Å². The van der Waals surface area contributed by atoms with Gasteiger partial charge in [0.25, 0.3) is 0 Å². The monoisotopic (exact) mass is 311 g/mol. The fourth-order valence-corrected chi connectivity index (χ4v) is 3.28. The summed E-state index contributed by atoms with van der Waals surface area (Å²) in [4.78, 5) is 6.79. The average Bonchev–Trinajstić information content (AvgIpc) is 3.08. The van der Waals surface area contributed by atoms with E-state index >= 15 is 0 Å². The molecular formula is C13H14ClN3S2. The van der Waals surface area contributed by atoms with Crippen LogP contribution < -0.4 is 5.32 Å². The van der Waals surface area contributed by atoms with Crippen molar-refractivity contribution in [2.75, 3.05) is 17.6 Å². The van der Waals surface area contributed by atoms with Crippen molar-refractivity contribution in [1.82, 2.24) is 4.90 Å². The van der Waals surface area contributed by atoms with Crippen LogP contribution in [0.2, 0.25) is 5.02 Å². The van der Waals surface area contributed by atoms with Gasteiger partial charge in [0.15, 0.2) is 10.3 Å². The lowest BCUT2D eigenvalue weighted by atomic mass is 10.3. The number of hydrogen-bond acceptors (Lipinski definition) is 3. The van der Waals surface area contributed by atoms with Gasteiger partial charge in [0.2, 0.25) is 0 Å². The molecule has 1 aromatic carbocycles. The van der Waals surface area contributed by atoms with E-state index in [0.29, 0.717) is 11.2 Å². The van der Waals surface area contributed by atoms with E-state index in [1.165, 1.54) is 12.8 Å². The fourth-order valence-electron chi connectivity index (χ4n) is 1.78. The van der Waals surface area contributed by atoms with Gasteiger partial charge in [-0.3, -0.25) is 9.89 Å². The Morgan fingerprint density at radius 2 is 2.11 bits per heavy atom. The van der Waals surface area contributed by atoms with Gasteiger partial charge in [-0.2, -0.15) is 0 Å². The summed E-state index contributed by atoms with van der Waals surface area (Å²) >= 11 is 13.1. The van der Waals surface area contributed by atoms with Crippen molar-refractivity contribution in [2.24, 2.45) is 4.99 Å². The normalized spacial score (nSPS) is 20.9. The highest BCUT2D eigenvalue weighted by atomic mass is 35.5. The summed E-state index contributed by atoms with van der Waals surface area (Å²) in [6.45, 7) is 0.926. The van der Waals surface area contributed by atoms with Crippen molar-refractivity contribution in [3.05, 3.63) is 29.3 Å². The van der Waals surface area contributed by atoms with Crippen molar-refractivity contribution in [3.63, 3.8) is 0 Å². The lowest BCUT2D eigenvalue weighted by Crippen LogP contribution is -2.35. The minimum absolute atomic E-state index is 0.529. The van der Waals surface area contributed by atoms with Gasteiger partial charge in [-0.1, -0.05) is 23.4 Å². The van der Waals surface area contributed by atoms with E-state index in [9.17, 15) is 0 Å². The fraction of sp³-hybridized carbons (Fsp3) is 0.385. The van der Waals surface area contributed by atoms with E-state index < -0.39 is 0 Å². The first kappa shape index (κ1) is 13.2. The lowest BCUT2D eigenvalue weighted by Gasteiger charge is -2.20. The standard InChI is InChI=1S/C13H14ClN3S2/c14-9-1-3-10(4-2-9)15-12(18)17-7-8-19-13(17)16-11-5-6-11/h1-4,11H,5-8H2,(H,15,18). The third kappa shape index (κ3) is 3.41. The number of thioether (sulfide) groups is 1. The van der Waals surface area contributed by atoms with Crippen LogP contribution in [0.5, 0.6) is 0 Å². The Labute approximate surface area is 127 Å². The van der Waals surface area contributed by atoms with Gasteiger partial charge in [0.1, 0.15) is 0 Å². The van der Waals surface area contributed by atoms with Gasteiger partial charge in [-0.15, -0.1) is 0 Å². The number of amidine groups is 1. The molecule has 1 aliphatic heterocycles. The topological polar surface area (TPSA) is 27.6 Å². The second-order valence-corrected chi connectivity index (χ2v) is 6.47. The maximum absolute atomic E-state index is 5.87. The summed E-state index contributed by atoms with van der Waals surface area (Å²) in [5.41, 5.74) is 0.956. The first-order valence-corrected chi connectivity index (χ1v) is 8.04. The molecule has 1 aliphatic carbocycles. The highest BCUT2D eigenvalue weighted by Gasteiger charge is 2.27. The molecule has 3 rings (SSSR count). The minimum atomic E-state index is 0.529. The molecule has 6 heteroatoms. The second-order valence-electron chi connectivity index (χ2n) is 4.58. The van der Waals surface area contributed by atoms with Crippen LogP contribution >= 0.6 is 35.6 Å². The summed E-state index contributed by atoms with van der Waals surface area (Å²) < 4.78 is 0. The van der Waals surface area contributed by atoms with Gasteiger partial charge in [0, 0.05) is 23.0 Å². The molecule has 0 bridgehead atoms. The number of halogens is 1. The summed E-state index contributed by atoms with van der Waals surface area (Å²) in [6.07, 6.45) is 2.44. The Hall–Kier alpha value is -0.780. The zero-order valence-electron chi connectivity index (χ0n) is 10.3. The predicted molar refractivity (Wildman–Crippen MR) is 87.3 cm³/mol. The number of anilines is 1. The molecule has 2 fully saturated rings. The Morgan fingerprint density at radius 1 is 1.37 bits per heavy atom. The van der Waals surface area contributed by atoms with E-state index in [4.69, 9.17) is 28.8 Å². The van der Waals surface area contributed by atoms with Crippen molar-refractivity contribution < 1.29 is 0 Å². The molecule has 0 atom stereocenters. The average molecular weight is 312 g/mol. The van der Waals surface area contributed by atoms with Crippen LogP contribution in [0.3, 0.4) is 0 Å². The quantitative estimate of drug-likeness (QED) is 0.845. The molecule has 0 aromatic heterocycles. The Balaban J connectivity index is 1.67. The Morgan fingerprint density at radius 3 is 2.79 bits per heavy atom. The minimum Gasteiger partial charge on any atom is -0.332 e. The molecule has 1 aromatic rings. The Kier molecular flexibility index (Phi) is 3.96. The lowest BCUT2D eigenvalue weighted by molar-refractivity contribution is 0.682. The van der Waals surface area contributed by atoms with Crippen molar-refractivity contribution >= 4 is 51.5 Å². The number of hydrogen-bond donors (Lipinski definition) is 1. The van der Waals surface area contributed by atoms with Gasteiger partial charge in [-0.05, 0) is 49.3 Å². The number of rotatable bonds is 2. The van der Waals surface area contributed by atoms with Crippen molar-refractivity contribution in [2.45, 2.75) is 18.9 Å². The van der Waals surface area contributed by atoms with E-state index in [-0.39, 0.29) is 0 Å². The van der Waals surface area contributed by atoms with Gasteiger partial charge < -0.3 is 5.32 Å². The van der Waals surface area contributed by atoms with Crippen LogP contribution in [0.25, 0.3) is 0 Å². The molecule has 1 saturated heterocycles. The first-order valence-electron chi connectivity index (χ1n) is 6.27. The molecule has 0 amide bonds. The molecule has 2 aliphatic rings. The highest BCUT2D eigenvalue weighted by molar-refractivity contribution is 8.14. The van der Waals surface area contributed by atoms with Crippen LogP contribution in [0.1, 0.15) is 12.8 Å². The number of benzene rings is 1. The predicted octanol–water partition coefficient (Wildman–Crippen LogP) is 3.60. The van der Waals surface area contributed by atoms with Crippen molar-refractivity contribution in [3.8, 4) is 0 Å². The molecule has 1 N–H and O–H groups in total. The molecule has 1 heterocycles. The molecule has 3 nitrogen and oxygen atoms in total. The molecular weight excluding hydrogens is 298 g/mol. The maximum Gasteiger partial charge on any atom is 0.179 e. The van der Waals surface area contributed by atoms with Crippen LogP contribution in [0.4, 0.5) is 5.69 Å². The summed E-state index contributed by atoms with van der Waals surface area (Å²) in [5.74, 6) is 1.05. The largest absolute Gasteiger partial charge is 0.332 e. The van der Waals surface area contributed by atoms with Crippen molar-refractivity contribution in [1.29, 1.82) is 0 Å². The third-order valence-corrected chi connectivity index (χ3v) is 4.50. The molecule has 0 unspecified atom stereocenters. The molecule has 19 heavy (non-hydrogen) atoms. The maximum atomic E-state index is 5.87. The summed E-state index contributed by atoms with van der Waals surface area (Å²) in [6, 6.07) is 8.08. The molecule has 100 valence electrons. The molecule has 1 saturated carbocycles. The summed E-state index contributed by atoms with van der Waals surface area (Å²) in [7, 11) is 0. The first-order chi connectivity index (χ1) is 9.22. The summed E-state index contributed by atoms with van der Waals surface area (Å²) in [5, 5.41) is 5.74. The van der Waals surface area contributed by atoms with Crippen LogP contribution in [-0.2, 0) is 0 Å². The van der Waals surface area contributed by atoms with E-state index in [0.717, 1.165) is 28.2 Å². The van der Waals surface area contributed by atoms with Crippen LogP contribution in [0.15, 0.2) is 29.3 Å². The Bertz CT molecular complexity index is 511. The SMILES string of the molecule is S=C(Nc1ccc(Cl)cc1)N1CCSC1=NC1CC1. The second kappa shape index (κ2) is 5.69. The van der Waals surface area contributed by atoms with E-state index in [1.54, 1.807) is 11.8 Å². The number of aliphatic imine (C=N–C) groups is 1. The molecule has 0 spiro atoms. The number of thiocarbonyl (C=S) groups is 1. The van der Waals surface area contributed by atoms with E-state index in [2.05, 4.69) is 10.2 Å².